The van der Waals surface area contributed by atoms with Gasteiger partial charge in [0, 0.05) is 5.91 Å². The molecule has 0 atom stereocenters. The molecule has 0 aromatic heterocycles. The predicted octanol–water partition coefficient (Wildman–Crippen LogP) is -2.46. The Kier molecular flexibility index (Phi) is 10.3. The van der Waals surface area contributed by atoms with Crippen LogP contribution in [-0.4, -0.2) is 13.0 Å². The summed E-state index contributed by atoms with van der Waals surface area (Å²) in [5, 5.41) is 3.25. The maximum absolute atomic E-state index is 9.65. The minimum absolute atomic E-state index is 0. The van der Waals surface area contributed by atoms with Crippen molar-refractivity contribution in [2.75, 3.05) is 7.05 Å². The Hall–Kier alpha value is 1.11. The van der Waals surface area contributed by atoms with Crippen LogP contribution in [0.3, 0.4) is 0 Å². The summed E-state index contributed by atoms with van der Waals surface area (Å²) in [6.45, 7) is 1.42. The summed E-state index contributed by atoms with van der Waals surface area (Å²) in [6.07, 6.45) is 0. The second kappa shape index (κ2) is 6.11. The summed E-state index contributed by atoms with van der Waals surface area (Å²) >= 11 is 0. The SMILES string of the molecule is C[N-]C(C)=O.[K+]. The van der Waals surface area contributed by atoms with Crippen molar-refractivity contribution in [2.24, 2.45) is 0 Å². The molecule has 6 heavy (non-hydrogen) atoms. The van der Waals surface area contributed by atoms with Gasteiger partial charge in [0.05, 0.1) is 0 Å². The predicted molar refractivity (Wildman–Crippen MR) is 20.0 cm³/mol. The van der Waals surface area contributed by atoms with Crippen molar-refractivity contribution in [3.63, 3.8) is 0 Å². The molecule has 0 aliphatic heterocycles. The fourth-order valence-corrected chi connectivity index (χ4v) is 0. The largest absolute Gasteiger partial charge is 1.00 e. The molecule has 0 rings (SSSR count). The minimum atomic E-state index is -0.120. The van der Waals surface area contributed by atoms with Crippen molar-refractivity contribution in [3.05, 3.63) is 5.32 Å². The Balaban J connectivity index is 0. The summed E-state index contributed by atoms with van der Waals surface area (Å²) in [5.74, 6) is -0.120. The molecule has 2 nitrogen and oxygen atoms in total. The number of carbonyl (C=O) groups is 1. The van der Waals surface area contributed by atoms with E-state index in [0.29, 0.717) is 0 Å². The van der Waals surface area contributed by atoms with E-state index in [1.165, 1.54) is 14.0 Å². The summed E-state index contributed by atoms with van der Waals surface area (Å²) in [7, 11) is 1.47. The van der Waals surface area contributed by atoms with Crippen molar-refractivity contribution >= 4 is 5.91 Å². The molecule has 0 aromatic carbocycles. The van der Waals surface area contributed by atoms with Crippen molar-refractivity contribution in [3.8, 4) is 0 Å². The van der Waals surface area contributed by atoms with Gasteiger partial charge >= 0.3 is 51.4 Å². The van der Waals surface area contributed by atoms with E-state index in [4.69, 9.17) is 0 Å². The van der Waals surface area contributed by atoms with Crippen LogP contribution >= 0.6 is 0 Å². The van der Waals surface area contributed by atoms with Crippen LogP contribution in [0.2, 0.25) is 0 Å². The van der Waals surface area contributed by atoms with Gasteiger partial charge in [-0.2, -0.15) is 0 Å². The van der Waals surface area contributed by atoms with E-state index in [1.807, 2.05) is 0 Å². The molecule has 0 aromatic rings. The van der Waals surface area contributed by atoms with Crippen LogP contribution in [-0.2, 0) is 4.79 Å². The molecule has 0 saturated heterocycles. The normalized spacial score (nSPS) is 5.67. The Morgan fingerprint density at radius 2 is 1.83 bits per heavy atom. The van der Waals surface area contributed by atoms with E-state index in [-0.39, 0.29) is 57.3 Å². The quantitative estimate of drug-likeness (QED) is 0.319. The molecule has 0 fully saturated rings. The topological polar surface area (TPSA) is 31.2 Å². The summed E-state index contributed by atoms with van der Waals surface area (Å²) in [5.41, 5.74) is 0. The molecule has 0 spiro atoms. The molecular formula is C3H6KNO. The third-order valence-electron chi connectivity index (χ3n) is 0.315. The van der Waals surface area contributed by atoms with Crippen LogP contribution in [0.25, 0.3) is 5.32 Å². The maximum atomic E-state index is 9.65. The monoisotopic (exact) mass is 111 g/mol. The standard InChI is InChI=1S/C3H7NO.K/c1-3(5)4-2;/h1-2H3,(H,4,5);/q;+1/p-1. The number of hydrogen-bond acceptors (Lipinski definition) is 1. The van der Waals surface area contributed by atoms with E-state index in [1.54, 1.807) is 0 Å². The van der Waals surface area contributed by atoms with Gasteiger partial charge in [0.25, 0.3) is 0 Å². The van der Waals surface area contributed by atoms with E-state index in [9.17, 15) is 4.79 Å². The Labute approximate surface area is 80.1 Å². The van der Waals surface area contributed by atoms with E-state index >= 15 is 0 Å². The van der Waals surface area contributed by atoms with Crippen LogP contribution < -0.4 is 51.4 Å². The van der Waals surface area contributed by atoms with Gasteiger partial charge in [0.15, 0.2) is 0 Å². The van der Waals surface area contributed by atoms with Gasteiger partial charge in [-0.15, -0.1) is 7.05 Å². The first-order valence-electron chi connectivity index (χ1n) is 1.37. The van der Waals surface area contributed by atoms with Crippen LogP contribution in [0, 0.1) is 0 Å². The summed E-state index contributed by atoms with van der Waals surface area (Å²) in [4.78, 5) is 9.65. The molecule has 0 N–H and O–H groups in total. The molecule has 30 valence electrons. The first-order chi connectivity index (χ1) is 2.27. The molecule has 0 radical (unpaired) electrons. The van der Waals surface area contributed by atoms with Crippen LogP contribution in [0.1, 0.15) is 6.92 Å². The molecule has 3 heteroatoms. The van der Waals surface area contributed by atoms with Gasteiger partial charge in [-0.1, -0.05) is 0 Å². The Morgan fingerprint density at radius 1 is 1.67 bits per heavy atom. The number of carbonyl (C=O) groups excluding carboxylic acids is 1. The first kappa shape index (κ1) is 10.2. The molecular weight excluding hydrogens is 105 g/mol. The zero-order valence-corrected chi connectivity index (χ0v) is 7.48. The van der Waals surface area contributed by atoms with Crippen LogP contribution in [0.5, 0.6) is 0 Å². The molecule has 0 aliphatic carbocycles. The van der Waals surface area contributed by atoms with Crippen molar-refractivity contribution in [1.29, 1.82) is 0 Å². The molecule has 0 saturated carbocycles. The van der Waals surface area contributed by atoms with Crippen LogP contribution in [0.4, 0.5) is 0 Å². The van der Waals surface area contributed by atoms with Gasteiger partial charge in [0.2, 0.25) is 0 Å². The van der Waals surface area contributed by atoms with E-state index in [2.05, 4.69) is 5.32 Å². The maximum Gasteiger partial charge on any atom is 1.00 e. The van der Waals surface area contributed by atoms with E-state index < -0.39 is 0 Å². The molecule has 0 bridgehead atoms. The molecule has 0 heterocycles. The summed E-state index contributed by atoms with van der Waals surface area (Å²) in [6, 6.07) is 0. The van der Waals surface area contributed by atoms with Gasteiger partial charge < -0.3 is 10.1 Å². The van der Waals surface area contributed by atoms with Gasteiger partial charge in [0.1, 0.15) is 0 Å². The number of amides is 1. The fraction of sp³-hybridized carbons (Fsp3) is 0.667. The molecule has 0 unspecified atom stereocenters. The Morgan fingerprint density at radius 3 is 1.83 bits per heavy atom. The third kappa shape index (κ3) is 8.92. The Bertz CT molecular complexity index is 46.1. The summed E-state index contributed by atoms with van der Waals surface area (Å²) < 4.78 is 0. The van der Waals surface area contributed by atoms with Crippen molar-refractivity contribution in [1.82, 2.24) is 0 Å². The molecule has 1 amide bonds. The third-order valence-corrected chi connectivity index (χ3v) is 0.315. The smallest absolute Gasteiger partial charge is 0.656 e. The van der Waals surface area contributed by atoms with Crippen LogP contribution in [0.15, 0.2) is 0 Å². The number of hydrogen-bond donors (Lipinski definition) is 0. The average molecular weight is 111 g/mol. The zero-order chi connectivity index (χ0) is 4.28. The van der Waals surface area contributed by atoms with Gasteiger partial charge in [-0.05, 0) is 6.92 Å². The van der Waals surface area contributed by atoms with Gasteiger partial charge in [-0.25, -0.2) is 0 Å². The molecule has 0 aliphatic rings. The fourth-order valence-electron chi connectivity index (χ4n) is 0. The second-order valence-corrected chi connectivity index (χ2v) is 0.743. The second-order valence-electron chi connectivity index (χ2n) is 0.743. The van der Waals surface area contributed by atoms with Crippen molar-refractivity contribution in [2.45, 2.75) is 6.92 Å². The zero-order valence-electron chi connectivity index (χ0n) is 4.36. The number of rotatable bonds is 0. The number of nitrogens with zero attached hydrogens (tertiary/aromatic N) is 1. The average Bonchev–Trinajstić information content (AvgIpc) is 1.38. The van der Waals surface area contributed by atoms with E-state index in [0.717, 1.165) is 0 Å². The first-order valence-corrected chi connectivity index (χ1v) is 1.37. The minimum Gasteiger partial charge on any atom is -0.656 e. The van der Waals surface area contributed by atoms with Gasteiger partial charge in [-0.3, -0.25) is 0 Å². The van der Waals surface area contributed by atoms with Crippen molar-refractivity contribution < 1.29 is 56.2 Å².